The molecule has 1 atom stereocenters. The van der Waals surface area contributed by atoms with Crippen LogP contribution < -0.4 is 24.0 Å². The first-order chi connectivity index (χ1) is 4.51. The van der Waals surface area contributed by atoms with Crippen LogP contribution in [0.25, 0.3) is 0 Å². The van der Waals surface area contributed by atoms with E-state index in [2.05, 4.69) is 13.8 Å². The van der Waals surface area contributed by atoms with Crippen molar-refractivity contribution < 1.29 is 24.0 Å². The summed E-state index contributed by atoms with van der Waals surface area (Å²) in [5.41, 5.74) is 0.581. The third-order valence-corrected chi connectivity index (χ3v) is 2.14. The van der Waals surface area contributed by atoms with Gasteiger partial charge in [-0.2, -0.15) is 0 Å². The van der Waals surface area contributed by atoms with Crippen molar-refractivity contribution in [3.63, 3.8) is 0 Å². The molecule has 0 heterocycles. The van der Waals surface area contributed by atoms with Gasteiger partial charge in [0.1, 0.15) is 0 Å². The molecule has 0 saturated heterocycles. The van der Waals surface area contributed by atoms with Crippen molar-refractivity contribution in [2.75, 3.05) is 0 Å². The molecule has 1 unspecified atom stereocenters. The smallest absolute Gasteiger partial charge is 0.847 e. The summed E-state index contributed by atoms with van der Waals surface area (Å²) in [7, 11) is 0. The van der Waals surface area contributed by atoms with Gasteiger partial charge < -0.3 is 5.11 Å². The Morgan fingerprint density at radius 3 is 2.27 bits per heavy atom. The van der Waals surface area contributed by atoms with Gasteiger partial charge in [0.05, 0.1) is 0 Å². The van der Waals surface area contributed by atoms with Crippen LogP contribution in [0.4, 0.5) is 0 Å². The quantitative estimate of drug-likeness (QED) is 0.325. The molecule has 58 valence electrons. The SMILES string of the molecule is CC(C)C1=CC(C)([O-])CC1.[Li+]. The summed E-state index contributed by atoms with van der Waals surface area (Å²) in [5.74, 6) is 0.566. The first kappa shape index (κ1) is 11.3. The first-order valence-corrected chi connectivity index (χ1v) is 3.93. The van der Waals surface area contributed by atoms with Crippen LogP contribution in [-0.4, -0.2) is 5.60 Å². The first-order valence-electron chi connectivity index (χ1n) is 3.93. The van der Waals surface area contributed by atoms with E-state index in [0.29, 0.717) is 5.92 Å². The van der Waals surface area contributed by atoms with E-state index in [1.165, 1.54) is 5.57 Å². The Balaban J connectivity index is 0.000001000. The van der Waals surface area contributed by atoms with Crippen LogP contribution in [0.3, 0.4) is 0 Å². The van der Waals surface area contributed by atoms with Crippen LogP contribution in [0.1, 0.15) is 33.6 Å². The second-order valence-electron chi connectivity index (χ2n) is 3.69. The summed E-state index contributed by atoms with van der Waals surface area (Å²) in [6.45, 7) is 6.06. The fourth-order valence-electron chi connectivity index (χ4n) is 1.38. The molecule has 1 nitrogen and oxygen atoms in total. The minimum atomic E-state index is -0.764. The molecule has 0 spiro atoms. The fourth-order valence-corrected chi connectivity index (χ4v) is 1.38. The van der Waals surface area contributed by atoms with Gasteiger partial charge in [-0.25, -0.2) is 0 Å². The second kappa shape index (κ2) is 3.80. The molecule has 0 fully saturated rings. The van der Waals surface area contributed by atoms with Crippen LogP contribution in [0, 0.1) is 5.92 Å². The van der Waals surface area contributed by atoms with E-state index < -0.39 is 5.60 Å². The largest absolute Gasteiger partial charge is 1.00 e. The summed E-state index contributed by atoms with van der Waals surface area (Å²) in [4.78, 5) is 0. The van der Waals surface area contributed by atoms with Crippen molar-refractivity contribution in [2.24, 2.45) is 5.92 Å². The van der Waals surface area contributed by atoms with Crippen molar-refractivity contribution in [1.29, 1.82) is 0 Å². The van der Waals surface area contributed by atoms with Gasteiger partial charge in [0.25, 0.3) is 0 Å². The van der Waals surface area contributed by atoms with Crippen molar-refractivity contribution in [2.45, 2.75) is 39.2 Å². The zero-order valence-corrected chi connectivity index (χ0v) is 7.98. The third-order valence-electron chi connectivity index (χ3n) is 2.14. The predicted molar refractivity (Wildman–Crippen MR) is 40.6 cm³/mol. The van der Waals surface area contributed by atoms with Crippen molar-refractivity contribution in [3.05, 3.63) is 11.6 Å². The monoisotopic (exact) mass is 146 g/mol. The zero-order chi connectivity index (χ0) is 7.78. The van der Waals surface area contributed by atoms with E-state index in [0.717, 1.165) is 12.8 Å². The van der Waals surface area contributed by atoms with E-state index >= 15 is 0 Å². The maximum Gasteiger partial charge on any atom is 1.00 e. The normalized spacial score (nSPS) is 30.1. The minimum Gasteiger partial charge on any atom is -0.847 e. The fraction of sp³-hybridized carbons (Fsp3) is 0.778. The molecule has 1 aliphatic rings. The van der Waals surface area contributed by atoms with Gasteiger partial charge in [-0.1, -0.05) is 44.4 Å². The van der Waals surface area contributed by atoms with E-state index in [1.54, 1.807) is 6.92 Å². The maximum absolute atomic E-state index is 11.3. The van der Waals surface area contributed by atoms with Gasteiger partial charge in [0.2, 0.25) is 0 Å². The maximum atomic E-state index is 11.3. The predicted octanol–water partition coefficient (Wildman–Crippen LogP) is -1.51. The molecule has 0 amide bonds. The molecule has 2 heteroatoms. The molecule has 0 aliphatic heterocycles. The number of rotatable bonds is 1. The molecule has 0 aromatic carbocycles. The van der Waals surface area contributed by atoms with Gasteiger partial charge in [0.15, 0.2) is 0 Å². The van der Waals surface area contributed by atoms with Crippen LogP contribution in [-0.2, 0) is 0 Å². The average Bonchev–Trinajstić information content (AvgIpc) is 2.10. The number of allylic oxidation sites excluding steroid dienone is 1. The topological polar surface area (TPSA) is 23.1 Å². The molecule has 0 bridgehead atoms. The Morgan fingerprint density at radius 1 is 1.55 bits per heavy atom. The van der Waals surface area contributed by atoms with E-state index in [4.69, 9.17) is 0 Å². The van der Waals surface area contributed by atoms with Crippen molar-refractivity contribution >= 4 is 0 Å². The van der Waals surface area contributed by atoms with Gasteiger partial charge in [-0.05, 0) is 12.3 Å². The van der Waals surface area contributed by atoms with Gasteiger partial charge in [-0.15, -0.1) is 0 Å². The van der Waals surface area contributed by atoms with Gasteiger partial charge >= 0.3 is 18.9 Å². The molecular weight excluding hydrogens is 131 g/mol. The number of hydrogen-bond acceptors (Lipinski definition) is 1. The summed E-state index contributed by atoms with van der Waals surface area (Å²) >= 11 is 0. The summed E-state index contributed by atoms with van der Waals surface area (Å²) in [6, 6.07) is 0. The van der Waals surface area contributed by atoms with E-state index in [9.17, 15) is 5.11 Å². The summed E-state index contributed by atoms with van der Waals surface area (Å²) in [5, 5.41) is 11.3. The average molecular weight is 146 g/mol. The van der Waals surface area contributed by atoms with Crippen LogP contribution in [0.5, 0.6) is 0 Å². The molecular formula is C9H15LiO. The standard InChI is InChI=1S/C9H15O.Li/c1-7(2)8-4-5-9(3,10)6-8;/h6-7H,4-5H2,1-3H3;/q-1;+1. The van der Waals surface area contributed by atoms with Gasteiger partial charge in [0, 0.05) is 0 Å². The Kier molecular flexibility index (Phi) is 3.91. The van der Waals surface area contributed by atoms with Crippen LogP contribution in [0.15, 0.2) is 11.6 Å². The Bertz CT molecular complexity index is 159. The Hall–Kier alpha value is 0.297. The van der Waals surface area contributed by atoms with E-state index in [1.807, 2.05) is 6.08 Å². The van der Waals surface area contributed by atoms with Crippen molar-refractivity contribution in [1.82, 2.24) is 0 Å². The molecule has 0 aromatic heterocycles. The zero-order valence-electron chi connectivity index (χ0n) is 7.98. The molecule has 1 aliphatic carbocycles. The molecule has 0 radical (unpaired) electrons. The minimum absolute atomic E-state index is 0. The van der Waals surface area contributed by atoms with Crippen LogP contribution in [0.2, 0.25) is 0 Å². The molecule has 0 aromatic rings. The summed E-state index contributed by atoms with van der Waals surface area (Å²) < 4.78 is 0. The van der Waals surface area contributed by atoms with Crippen molar-refractivity contribution in [3.8, 4) is 0 Å². The summed E-state index contributed by atoms with van der Waals surface area (Å²) in [6.07, 6.45) is 3.70. The molecule has 0 saturated carbocycles. The third kappa shape index (κ3) is 3.03. The Labute approximate surface area is 81.1 Å². The molecule has 1 rings (SSSR count). The molecule has 11 heavy (non-hydrogen) atoms. The van der Waals surface area contributed by atoms with Crippen LogP contribution >= 0.6 is 0 Å². The molecule has 0 N–H and O–H groups in total. The van der Waals surface area contributed by atoms with E-state index in [-0.39, 0.29) is 18.9 Å². The Morgan fingerprint density at radius 2 is 2.09 bits per heavy atom. The number of hydrogen-bond donors (Lipinski definition) is 0. The van der Waals surface area contributed by atoms with Gasteiger partial charge in [-0.3, -0.25) is 0 Å². The second-order valence-corrected chi connectivity index (χ2v) is 3.69.